The van der Waals surface area contributed by atoms with E-state index in [1.165, 1.54) is 5.56 Å². The van der Waals surface area contributed by atoms with E-state index in [4.69, 9.17) is 4.98 Å². The molecule has 7 rings (SSSR count). The predicted octanol–water partition coefficient (Wildman–Crippen LogP) is 12.0. The van der Waals surface area contributed by atoms with E-state index in [9.17, 15) is 0 Å². The van der Waals surface area contributed by atoms with E-state index in [0.29, 0.717) is 5.92 Å². The maximum atomic E-state index is 4.79. The summed E-state index contributed by atoms with van der Waals surface area (Å²) >= 11 is 0. The predicted molar refractivity (Wildman–Crippen MR) is 198 cm³/mol. The topological polar surface area (TPSA) is 38.7 Å². The zero-order chi connectivity index (χ0) is 31.3. The summed E-state index contributed by atoms with van der Waals surface area (Å²) in [5.41, 5.74) is 14.9. The lowest BCUT2D eigenvalue weighted by molar-refractivity contribution is 0.708. The Balaban J connectivity index is 0.00000386. The second kappa shape index (κ2) is 14.2. The van der Waals surface area contributed by atoms with E-state index < -0.39 is 0 Å². The van der Waals surface area contributed by atoms with Crippen LogP contribution in [-0.2, 0) is 0 Å². The smallest absolute Gasteiger partial charge is 0.0432 e. The standard InChI is InChI=1S/C43H35N3.CH4/c1-3-30(2)43-18-17-39(29-46-43)33-11-6-14-36(23-33)42-25-40(34-12-4-9-31(21-34)37-15-7-19-44-27-37)24-41(26-42)35-13-5-10-32(22-35)38-16-8-20-45-28-38;/h4-30H,3H2,1-2H3;1H4. The number of rotatable bonds is 8. The second-order valence-corrected chi connectivity index (χ2v) is 11.8. The fraction of sp³-hybridized carbons (Fsp3) is 0.114. The normalized spacial score (nSPS) is 11.4. The lowest BCUT2D eigenvalue weighted by atomic mass is 9.90. The number of benzene rings is 4. The molecule has 0 N–H and O–H groups in total. The van der Waals surface area contributed by atoms with Gasteiger partial charge in [-0.2, -0.15) is 0 Å². The van der Waals surface area contributed by atoms with Gasteiger partial charge in [0.05, 0.1) is 0 Å². The highest BCUT2D eigenvalue weighted by Crippen LogP contribution is 2.36. The van der Waals surface area contributed by atoms with Crippen molar-refractivity contribution in [1.29, 1.82) is 0 Å². The van der Waals surface area contributed by atoms with Crippen molar-refractivity contribution in [2.24, 2.45) is 0 Å². The van der Waals surface area contributed by atoms with Crippen LogP contribution < -0.4 is 0 Å². The number of aromatic nitrogens is 3. The molecule has 0 saturated carbocycles. The molecule has 0 bridgehead atoms. The number of hydrogen-bond acceptors (Lipinski definition) is 3. The first-order valence-corrected chi connectivity index (χ1v) is 15.9. The monoisotopic (exact) mass is 609 g/mol. The Bertz CT molecular complexity index is 1980. The fourth-order valence-corrected chi connectivity index (χ4v) is 5.91. The summed E-state index contributed by atoms with van der Waals surface area (Å²) in [6, 6.07) is 45.7. The van der Waals surface area contributed by atoms with Crippen LogP contribution in [-0.4, -0.2) is 15.0 Å². The first-order valence-electron chi connectivity index (χ1n) is 15.9. The van der Waals surface area contributed by atoms with Crippen LogP contribution >= 0.6 is 0 Å². The molecule has 0 fully saturated rings. The lowest BCUT2D eigenvalue weighted by Gasteiger charge is -2.14. The summed E-state index contributed by atoms with van der Waals surface area (Å²) in [5, 5.41) is 0. The van der Waals surface area contributed by atoms with Crippen LogP contribution in [0.1, 0.15) is 39.3 Å². The number of hydrogen-bond donors (Lipinski definition) is 0. The summed E-state index contributed by atoms with van der Waals surface area (Å²) in [7, 11) is 0. The molecule has 230 valence electrons. The van der Waals surface area contributed by atoms with Gasteiger partial charge in [-0.05, 0) is 117 Å². The Kier molecular flexibility index (Phi) is 9.45. The maximum absolute atomic E-state index is 4.79. The first kappa shape index (κ1) is 31.3. The summed E-state index contributed by atoms with van der Waals surface area (Å²) in [6.45, 7) is 4.43. The third-order valence-corrected chi connectivity index (χ3v) is 8.75. The van der Waals surface area contributed by atoms with Crippen LogP contribution in [0.4, 0.5) is 0 Å². The molecule has 4 aromatic carbocycles. The molecule has 0 saturated heterocycles. The van der Waals surface area contributed by atoms with Gasteiger partial charge in [0, 0.05) is 53.4 Å². The van der Waals surface area contributed by atoms with Crippen molar-refractivity contribution < 1.29 is 0 Å². The quantitative estimate of drug-likeness (QED) is 0.172. The molecule has 0 amide bonds. The van der Waals surface area contributed by atoms with Crippen molar-refractivity contribution in [3.8, 4) is 66.8 Å². The van der Waals surface area contributed by atoms with E-state index in [2.05, 4.69) is 139 Å². The Morgan fingerprint density at radius 2 is 0.787 bits per heavy atom. The summed E-state index contributed by atoms with van der Waals surface area (Å²) in [4.78, 5) is 13.5. The molecule has 1 atom stereocenters. The molecular weight excluding hydrogens is 571 g/mol. The molecule has 7 aromatic rings. The van der Waals surface area contributed by atoms with Crippen molar-refractivity contribution in [2.45, 2.75) is 33.6 Å². The number of pyridine rings is 3. The molecule has 3 aromatic heterocycles. The van der Waals surface area contributed by atoms with Crippen LogP contribution in [0.5, 0.6) is 0 Å². The Hall–Kier alpha value is -5.67. The minimum atomic E-state index is 0. The Morgan fingerprint density at radius 1 is 0.426 bits per heavy atom. The second-order valence-electron chi connectivity index (χ2n) is 11.8. The van der Waals surface area contributed by atoms with Crippen molar-refractivity contribution in [3.05, 3.63) is 164 Å². The zero-order valence-electron chi connectivity index (χ0n) is 26.1. The molecule has 0 aliphatic carbocycles. The third kappa shape index (κ3) is 6.95. The van der Waals surface area contributed by atoms with Crippen molar-refractivity contribution in [1.82, 2.24) is 15.0 Å². The van der Waals surface area contributed by atoms with Gasteiger partial charge in [0.15, 0.2) is 0 Å². The number of nitrogens with zero attached hydrogens (tertiary/aromatic N) is 3. The van der Waals surface area contributed by atoms with E-state index in [1.807, 2.05) is 43.1 Å². The summed E-state index contributed by atoms with van der Waals surface area (Å²) in [5.74, 6) is 0.454. The van der Waals surface area contributed by atoms with Crippen LogP contribution in [0, 0.1) is 0 Å². The largest absolute Gasteiger partial charge is 0.264 e. The highest BCUT2D eigenvalue weighted by molar-refractivity contribution is 5.85. The molecule has 3 heterocycles. The Labute approximate surface area is 278 Å². The van der Waals surface area contributed by atoms with E-state index in [-0.39, 0.29) is 7.43 Å². The molecule has 3 heteroatoms. The average Bonchev–Trinajstić information content (AvgIpc) is 3.15. The first-order chi connectivity index (χ1) is 22.6. The van der Waals surface area contributed by atoms with Gasteiger partial charge in [-0.25, -0.2) is 0 Å². The van der Waals surface area contributed by atoms with Gasteiger partial charge >= 0.3 is 0 Å². The lowest BCUT2D eigenvalue weighted by Crippen LogP contribution is -1.95. The third-order valence-electron chi connectivity index (χ3n) is 8.75. The maximum Gasteiger partial charge on any atom is 0.0432 e. The van der Waals surface area contributed by atoms with Gasteiger partial charge in [-0.15, -0.1) is 0 Å². The highest BCUT2D eigenvalue weighted by atomic mass is 14.7. The molecule has 1 unspecified atom stereocenters. The van der Waals surface area contributed by atoms with Crippen molar-refractivity contribution in [2.75, 3.05) is 0 Å². The minimum Gasteiger partial charge on any atom is -0.264 e. The summed E-state index contributed by atoms with van der Waals surface area (Å²) < 4.78 is 0. The van der Waals surface area contributed by atoms with Crippen LogP contribution in [0.15, 0.2) is 158 Å². The van der Waals surface area contributed by atoms with Crippen molar-refractivity contribution >= 4 is 0 Å². The minimum absolute atomic E-state index is 0. The van der Waals surface area contributed by atoms with Gasteiger partial charge in [0.25, 0.3) is 0 Å². The van der Waals surface area contributed by atoms with Gasteiger partial charge in [-0.1, -0.05) is 94.1 Å². The van der Waals surface area contributed by atoms with E-state index in [1.54, 1.807) is 0 Å². The Morgan fingerprint density at radius 3 is 1.13 bits per heavy atom. The molecule has 0 radical (unpaired) electrons. The van der Waals surface area contributed by atoms with Crippen molar-refractivity contribution in [3.63, 3.8) is 0 Å². The van der Waals surface area contributed by atoms with E-state index >= 15 is 0 Å². The van der Waals surface area contributed by atoms with Crippen LogP contribution in [0.2, 0.25) is 0 Å². The SMILES string of the molecule is C.CCC(C)c1ccc(-c2cccc(-c3cc(-c4cccc(-c5cccnc5)c4)cc(-c4cccc(-c5cccnc5)c4)c3)c2)cn1. The molecule has 3 nitrogen and oxygen atoms in total. The fourth-order valence-electron chi connectivity index (χ4n) is 5.91. The molecule has 47 heavy (non-hydrogen) atoms. The highest BCUT2D eigenvalue weighted by Gasteiger charge is 2.12. The molecule has 0 aliphatic rings. The van der Waals surface area contributed by atoms with Gasteiger partial charge < -0.3 is 0 Å². The zero-order valence-corrected chi connectivity index (χ0v) is 26.1. The molecular formula is C44H39N3. The van der Waals surface area contributed by atoms with Gasteiger partial charge in [-0.3, -0.25) is 15.0 Å². The molecule has 0 spiro atoms. The van der Waals surface area contributed by atoms with Gasteiger partial charge in [0.2, 0.25) is 0 Å². The average molecular weight is 610 g/mol. The van der Waals surface area contributed by atoms with Gasteiger partial charge in [0.1, 0.15) is 0 Å². The molecule has 0 aliphatic heterocycles. The summed E-state index contributed by atoms with van der Waals surface area (Å²) in [6.07, 6.45) is 10.6. The van der Waals surface area contributed by atoms with Crippen LogP contribution in [0.3, 0.4) is 0 Å². The van der Waals surface area contributed by atoms with E-state index in [0.717, 1.165) is 73.3 Å². The van der Waals surface area contributed by atoms with Crippen LogP contribution in [0.25, 0.3) is 66.8 Å².